The molecule has 7 heteroatoms. The van der Waals surface area contributed by atoms with Gasteiger partial charge in [0, 0.05) is 36.5 Å². The summed E-state index contributed by atoms with van der Waals surface area (Å²) < 4.78 is 0. The molecule has 1 aliphatic carbocycles. The Hall–Kier alpha value is -1.47. The second-order valence-corrected chi connectivity index (χ2v) is 5.41. The Labute approximate surface area is 109 Å². The van der Waals surface area contributed by atoms with Crippen molar-refractivity contribution >= 4 is 22.2 Å². The van der Waals surface area contributed by atoms with E-state index < -0.39 is 4.92 Å². The first-order chi connectivity index (χ1) is 8.65. The zero-order chi connectivity index (χ0) is 13.0. The summed E-state index contributed by atoms with van der Waals surface area (Å²) >= 11 is 1.16. The molecule has 1 heterocycles. The maximum atomic E-state index is 11.4. The summed E-state index contributed by atoms with van der Waals surface area (Å²) in [4.78, 5) is 22.4. The SMILES string of the molecule is O=C(CCNCc1ccc([N+](=O)[O-])s1)NC1CC1. The van der Waals surface area contributed by atoms with Crippen molar-refractivity contribution in [1.29, 1.82) is 0 Å². The van der Waals surface area contributed by atoms with Crippen molar-refractivity contribution in [2.24, 2.45) is 0 Å². The molecule has 1 aromatic heterocycles. The highest BCUT2D eigenvalue weighted by molar-refractivity contribution is 7.15. The lowest BCUT2D eigenvalue weighted by molar-refractivity contribution is -0.380. The number of amides is 1. The number of carbonyl (C=O) groups excluding carboxylic acids is 1. The maximum absolute atomic E-state index is 11.4. The lowest BCUT2D eigenvalue weighted by atomic mass is 10.3. The van der Waals surface area contributed by atoms with Gasteiger partial charge < -0.3 is 10.6 Å². The van der Waals surface area contributed by atoms with Gasteiger partial charge in [-0.05, 0) is 18.9 Å². The smallest absolute Gasteiger partial charge is 0.324 e. The highest BCUT2D eigenvalue weighted by atomic mass is 32.1. The Morgan fingerprint density at radius 1 is 1.50 bits per heavy atom. The Balaban J connectivity index is 1.61. The van der Waals surface area contributed by atoms with Crippen molar-refractivity contribution < 1.29 is 9.72 Å². The van der Waals surface area contributed by atoms with E-state index in [1.54, 1.807) is 6.07 Å². The molecule has 0 unspecified atom stereocenters. The number of rotatable bonds is 7. The number of nitrogens with zero attached hydrogens (tertiary/aromatic N) is 1. The fraction of sp³-hybridized carbons (Fsp3) is 0.545. The molecule has 6 nitrogen and oxygen atoms in total. The summed E-state index contributed by atoms with van der Waals surface area (Å²) in [5.41, 5.74) is 0. The summed E-state index contributed by atoms with van der Waals surface area (Å²) in [7, 11) is 0. The molecule has 1 fully saturated rings. The average Bonchev–Trinajstić information content (AvgIpc) is 2.99. The second kappa shape index (κ2) is 5.92. The molecule has 0 aliphatic heterocycles. The van der Waals surface area contributed by atoms with Crippen LogP contribution < -0.4 is 10.6 Å². The van der Waals surface area contributed by atoms with Gasteiger partial charge in [0.25, 0.3) is 0 Å². The minimum absolute atomic E-state index is 0.0714. The Kier molecular flexibility index (Phi) is 4.27. The van der Waals surface area contributed by atoms with Gasteiger partial charge in [-0.25, -0.2) is 0 Å². The van der Waals surface area contributed by atoms with Crippen LogP contribution in [0.25, 0.3) is 0 Å². The second-order valence-electron chi connectivity index (χ2n) is 4.27. The van der Waals surface area contributed by atoms with E-state index in [1.807, 2.05) is 0 Å². The molecule has 0 bridgehead atoms. The van der Waals surface area contributed by atoms with Crippen LogP contribution in [0.2, 0.25) is 0 Å². The van der Waals surface area contributed by atoms with E-state index >= 15 is 0 Å². The number of thiophene rings is 1. The van der Waals surface area contributed by atoms with Gasteiger partial charge in [-0.1, -0.05) is 11.3 Å². The number of carbonyl (C=O) groups is 1. The van der Waals surface area contributed by atoms with Crippen LogP contribution in [-0.2, 0) is 11.3 Å². The summed E-state index contributed by atoms with van der Waals surface area (Å²) in [6.45, 7) is 1.15. The van der Waals surface area contributed by atoms with E-state index in [-0.39, 0.29) is 10.9 Å². The van der Waals surface area contributed by atoms with Crippen LogP contribution in [0.15, 0.2) is 12.1 Å². The first kappa shape index (κ1) is 13.0. The lowest BCUT2D eigenvalue weighted by Crippen LogP contribution is -2.28. The lowest BCUT2D eigenvalue weighted by Gasteiger charge is -2.04. The highest BCUT2D eigenvalue weighted by Crippen LogP contribution is 2.23. The normalized spacial score (nSPS) is 14.4. The highest BCUT2D eigenvalue weighted by Gasteiger charge is 2.22. The van der Waals surface area contributed by atoms with Gasteiger partial charge in [-0.2, -0.15) is 0 Å². The molecule has 0 saturated heterocycles. The van der Waals surface area contributed by atoms with Crippen molar-refractivity contribution in [3.05, 3.63) is 27.1 Å². The first-order valence-electron chi connectivity index (χ1n) is 5.88. The van der Waals surface area contributed by atoms with Gasteiger partial charge in [-0.15, -0.1) is 0 Å². The van der Waals surface area contributed by atoms with E-state index in [4.69, 9.17) is 0 Å². The van der Waals surface area contributed by atoms with Crippen LogP contribution in [0.3, 0.4) is 0 Å². The van der Waals surface area contributed by atoms with Gasteiger partial charge in [0.1, 0.15) is 0 Å². The molecule has 1 amide bonds. The van der Waals surface area contributed by atoms with Crippen LogP contribution in [0, 0.1) is 10.1 Å². The third kappa shape index (κ3) is 4.08. The van der Waals surface area contributed by atoms with Crippen LogP contribution >= 0.6 is 11.3 Å². The topological polar surface area (TPSA) is 84.3 Å². The number of nitrogens with one attached hydrogen (secondary N) is 2. The third-order valence-electron chi connectivity index (χ3n) is 2.60. The Morgan fingerprint density at radius 2 is 2.28 bits per heavy atom. The van der Waals surface area contributed by atoms with E-state index in [2.05, 4.69) is 10.6 Å². The zero-order valence-corrected chi connectivity index (χ0v) is 10.7. The largest absolute Gasteiger partial charge is 0.353 e. The van der Waals surface area contributed by atoms with Crippen LogP contribution in [0.4, 0.5) is 5.00 Å². The van der Waals surface area contributed by atoms with Crippen LogP contribution in [-0.4, -0.2) is 23.4 Å². The molecule has 1 saturated carbocycles. The first-order valence-corrected chi connectivity index (χ1v) is 6.70. The molecule has 0 atom stereocenters. The van der Waals surface area contributed by atoms with Gasteiger partial charge in [0.05, 0.1) is 4.92 Å². The average molecular weight is 269 g/mol. The molecule has 0 aromatic carbocycles. The van der Waals surface area contributed by atoms with Gasteiger partial charge in [0.15, 0.2) is 0 Å². The summed E-state index contributed by atoms with van der Waals surface area (Å²) in [5.74, 6) is 0.0714. The van der Waals surface area contributed by atoms with Gasteiger partial charge in [-0.3, -0.25) is 14.9 Å². The summed E-state index contributed by atoms with van der Waals surface area (Å²) in [6.07, 6.45) is 2.64. The molecule has 18 heavy (non-hydrogen) atoms. The molecular weight excluding hydrogens is 254 g/mol. The van der Waals surface area contributed by atoms with E-state index in [0.717, 1.165) is 29.1 Å². The fourth-order valence-corrected chi connectivity index (χ4v) is 2.29. The zero-order valence-electron chi connectivity index (χ0n) is 9.85. The van der Waals surface area contributed by atoms with Crippen molar-refractivity contribution in [1.82, 2.24) is 10.6 Å². The van der Waals surface area contributed by atoms with Crippen LogP contribution in [0.1, 0.15) is 24.1 Å². The molecule has 1 aromatic rings. The molecule has 98 valence electrons. The van der Waals surface area contributed by atoms with Crippen molar-refractivity contribution in [2.45, 2.75) is 31.8 Å². The molecule has 2 N–H and O–H groups in total. The quantitative estimate of drug-likeness (QED) is 0.445. The van der Waals surface area contributed by atoms with Crippen molar-refractivity contribution in [2.75, 3.05) is 6.54 Å². The molecule has 2 rings (SSSR count). The predicted molar refractivity (Wildman–Crippen MR) is 68.5 cm³/mol. The van der Waals surface area contributed by atoms with Crippen molar-refractivity contribution in [3.63, 3.8) is 0 Å². The number of hydrogen-bond acceptors (Lipinski definition) is 5. The standard InChI is InChI=1S/C11H15N3O3S/c15-10(13-8-1-2-8)5-6-12-7-9-3-4-11(18-9)14(16)17/h3-4,8,12H,1-2,5-7H2,(H,13,15). The molecular formula is C11H15N3O3S. The van der Waals surface area contributed by atoms with Crippen LogP contribution in [0.5, 0.6) is 0 Å². The maximum Gasteiger partial charge on any atom is 0.324 e. The summed E-state index contributed by atoms with van der Waals surface area (Å²) in [6, 6.07) is 3.64. The molecule has 0 spiro atoms. The Morgan fingerprint density at radius 3 is 2.89 bits per heavy atom. The molecule has 0 radical (unpaired) electrons. The fourth-order valence-electron chi connectivity index (χ4n) is 1.50. The van der Waals surface area contributed by atoms with Gasteiger partial charge in [0.2, 0.25) is 5.91 Å². The predicted octanol–water partition coefficient (Wildman–Crippen LogP) is 1.41. The number of nitro groups is 1. The van der Waals surface area contributed by atoms with E-state index in [1.165, 1.54) is 6.07 Å². The number of hydrogen-bond donors (Lipinski definition) is 2. The minimum Gasteiger partial charge on any atom is -0.353 e. The van der Waals surface area contributed by atoms with E-state index in [0.29, 0.717) is 25.6 Å². The van der Waals surface area contributed by atoms with E-state index in [9.17, 15) is 14.9 Å². The monoisotopic (exact) mass is 269 g/mol. The Bertz CT molecular complexity index is 442. The molecule has 1 aliphatic rings. The minimum atomic E-state index is -0.392. The third-order valence-corrected chi connectivity index (χ3v) is 3.63. The van der Waals surface area contributed by atoms with Gasteiger partial charge >= 0.3 is 5.00 Å². The summed E-state index contributed by atoms with van der Waals surface area (Å²) in [5, 5.41) is 16.6. The van der Waals surface area contributed by atoms with Crippen molar-refractivity contribution in [3.8, 4) is 0 Å².